The lowest BCUT2D eigenvalue weighted by Crippen LogP contribution is -2.39. The van der Waals surface area contributed by atoms with E-state index in [1.165, 1.54) is 0 Å². The average Bonchev–Trinajstić information content (AvgIpc) is 3.27. The maximum absolute atomic E-state index is 13.0. The van der Waals surface area contributed by atoms with Crippen molar-refractivity contribution in [2.45, 2.75) is 20.3 Å². The van der Waals surface area contributed by atoms with Crippen LogP contribution < -0.4 is 5.32 Å². The summed E-state index contributed by atoms with van der Waals surface area (Å²) in [5, 5.41) is 2.92. The minimum Gasteiger partial charge on any atom is -0.333 e. The predicted octanol–water partition coefficient (Wildman–Crippen LogP) is 4.88. The number of aryl methyl sites for hydroxylation is 1. The minimum atomic E-state index is -0.290. The summed E-state index contributed by atoms with van der Waals surface area (Å²) in [6.45, 7) is 4.31. The van der Waals surface area contributed by atoms with Gasteiger partial charge in [0.25, 0.3) is 0 Å². The molecule has 0 unspecified atom stereocenters. The van der Waals surface area contributed by atoms with Crippen molar-refractivity contribution in [2.24, 2.45) is 0 Å². The Hall–Kier alpha value is -4.19. The van der Waals surface area contributed by atoms with Gasteiger partial charge in [-0.1, -0.05) is 78.4 Å². The highest BCUT2D eigenvalue weighted by molar-refractivity contribution is 5.94. The molecule has 6 heteroatoms. The van der Waals surface area contributed by atoms with Crippen LogP contribution in [0.15, 0.2) is 91.1 Å². The standard InChI is InChI=1S/C28H28N4O2/c1-3-31(27(34)18-22-10-6-4-7-11-22)20-26(33)30-28-29-25(23-12-8-5-9-13-23)19-32(28)24-16-14-21(2)15-17-24/h4-17,19H,3,18,20H2,1-2H3,(H,29,30,33). The molecule has 1 aromatic heterocycles. The Kier molecular flexibility index (Phi) is 7.18. The third-order valence-electron chi connectivity index (χ3n) is 5.61. The molecule has 4 aromatic rings. The molecule has 0 saturated heterocycles. The van der Waals surface area contributed by atoms with Gasteiger partial charge in [-0.05, 0) is 31.5 Å². The normalized spacial score (nSPS) is 10.6. The molecule has 0 atom stereocenters. The Morgan fingerprint density at radius 3 is 2.21 bits per heavy atom. The van der Waals surface area contributed by atoms with Crippen molar-refractivity contribution in [3.63, 3.8) is 0 Å². The van der Waals surface area contributed by atoms with E-state index in [1.54, 1.807) is 4.90 Å². The lowest BCUT2D eigenvalue weighted by atomic mass is 10.1. The quantitative estimate of drug-likeness (QED) is 0.414. The lowest BCUT2D eigenvalue weighted by Gasteiger charge is -2.20. The van der Waals surface area contributed by atoms with Gasteiger partial charge in [-0.2, -0.15) is 0 Å². The Morgan fingerprint density at radius 1 is 0.912 bits per heavy atom. The molecule has 172 valence electrons. The van der Waals surface area contributed by atoms with Crippen molar-refractivity contribution in [3.8, 4) is 16.9 Å². The molecule has 4 rings (SSSR count). The van der Waals surface area contributed by atoms with Crippen LogP contribution in [0.1, 0.15) is 18.1 Å². The number of carbonyl (C=O) groups excluding carboxylic acids is 2. The van der Waals surface area contributed by atoms with Gasteiger partial charge in [0.2, 0.25) is 17.8 Å². The first-order valence-corrected chi connectivity index (χ1v) is 11.4. The van der Waals surface area contributed by atoms with Crippen LogP contribution in [-0.2, 0) is 16.0 Å². The van der Waals surface area contributed by atoms with Crippen LogP contribution in [0.5, 0.6) is 0 Å². The zero-order valence-corrected chi connectivity index (χ0v) is 19.4. The number of carbonyl (C=O) groups is 2. The summed E-state index contributed by atoms with van der Waals surface area (Å²) >= 11 is 0. The average molecular weight is 453 g/mol. The van der Waals surface area contributed by atoms with E-state index >= 15 is 0 Å². The minimum absolute atomic E-state index is 0.0381. The molecule has 0 aliphatic heterocycles. The van der Waals surface area contributed by atoms with Crippen molar-refractivity contribution >= 4 is 17.8 Å². The molecule has 3 aromatic carbocycles. The third-order valence-corrected chi connectivity index (χ3v) is 5.61. The summed E-state index contributed by atoms with van der Waals surface area (Å²) in [6, 6.07) is 27.4. The molecule has 0 aliphatic rings. The summed E-state index contributed by atoms with van der Waals surface area (Å²) in [7, 11) is 0. The Labute approximate surface area is 199 Å². The smallest absolute Gasteiger partial charge is 0.246 e. The van der Waals surface area contributed by atoms with Gasteiger partial charge in [-0.15, -0.1) is 0 Å². The molecule has 34 heavy (non-hydrogen) atoms. The molecular formula is C28H28N4O2. The Balaban J connectivity index is 1.54. The van der Waals surface area contributed by atoms with Gasteiger partial charge in [0.1, 0.15) is 0 Å². The van der Waals surface area contributed by atoms with Crippen LogP contribution in [0, 0.1) is 6.92 Å². The SMILES string of the molecule is CCN(CC(=O)Nc1nc(-c2ccccc2)cn1-c1ccc(C)cc1)C(=O)Cc1ccccc1. The summed E-state index contributed by atoms with van der Waals surface area (Å²) in [4.78, 5) is 32.0. The lowest BCUT2D eigenvalue weighted by molar-refractivity contribution is -0.133. The van der Waals surface area contributed by atoms with Crippen LogP contribution in [0.4, 0.5) is 5.95 Å². The van der Waals surface area contributed by atoms with Crippen LogP contribution in [-0.4, -0.2) is 39.4 Å². The zero-order chi connectivity index (χ0) is 23.9. The molecular weight excluding hydrogens is 424 g/mol. The first kappa shape index (κ1) is 23.0. The third kappa shape index (κ3) is 5.59. The first-order chi connectivity index (χ1) is 16.5. The van der Waals surface area contributed by atoms with Gasteiger partial charge in [-0.25, -0.2) is 4.98 Å². The summed E-state index contributed by atoms with van der Waals surface area (Å²) in [5.74, 6) is 0.0387. The number of nitrogens with zero attached hydrogens (tertiary/aromatic N) is 3. The number of rotatable bonds is 8. The van der Waals surface area contributed by atoms with Gasteiger partial charge in [0.15, 0.2) is 0 Å². The molecule has 0 radical (unpaired) electrons. The van der Waals surface area contributed by atoms with Crippen molar-refractivity contribution in [1.82, 2.24) is 14.5 Å². The Morgan fingerprint density at radius 2 is 1.56 bits per heavy atom. The topological polar surface area (TPSA) is 67.2 Å². The highest BCUT2D eigenvalue weighted by Gasteiger charge is 2.19. The Bertz CT molecular complexity index is 1250. The molecule has 2 amide bonds. The largest absolute Gasteiger partial charge is 0.333 e. The predicted molar refractivity (Wildman–Crippen MR) is 135 cm³/mol. The highest BCUT2D eigenvalue weighted by atomic mass is 16.2. The van der Waals surface area contributed by atoms with E-state index in [-0.39, 0.29) is 24.8 Å². The van der Waals surface area contributed by atoms with Crippen LogP contribution in [0.25, 0.3) is 16.9 Å². The second kappa shape index (κ2) is 10.6. The fourth-order valence-electron chi connectivity index (χ4n) is 3.71. The number of imidazole rings is 1. The van der Waals surface area contributed by atoms with E-state index in [4.69, 9.17) is 4.98 Å². The molecule has 0 fully saturated rings. The van der Waals surface area contributed by atoms with Gasteiger partial charge < -0.3 is 4.90 Å². The van der Waals surface area contributed by atoms with Crippen LogP contribution in [0.3, 0.4) is 0 Å². The van der Waals surface area contributed by atoms with Crippen molar-refractivity contribution in [2.75, 3.05) is 18.4 Å². The van der Waals surface area contributed by atoms with E-state index in [1.807, 2.05) is 110 Å². The van der Waals surface area contributed by atoms with E-state index in [9.17, 15) is 9.59 Å². The molecule has 0 bridgehead atoms. The fraction of sp³-hybridized carbons (Fsp3) is 0.179. The summed E-state index contributed by atoms with van der Waals surface area (Å²) in [5.41, 5.74) is 4.67. The van der Waals surface area contributed by atoms with Gasteiger partial charge >= 0.3 is 0 Å². The second-order valence-electron chi connectivity index (χ2n) is 8.14. The number of anilines is 1. The van der Waals surface area contributed by atoms with E-state index < -0.39 is 0 Å². The molecule has 0 saturated carbocycles. The monoisotopic (exact) mass is 452 g/mol. The number of amides is 2. The highest BCUT2D eigenvalue weighted by Crippen LogP contribution is 2.24. The van der Waals surface area contributed by atoms with Crippen molar-refractivity contribution < 1.29 is 9.59 Å². The van der Waals surface area contributed by atoms with Crippen molar-refractivity contribution in [3.05, 3.63) is 102 Å². The van der Waals surface area contributed by atoms with Gasteiger partial charge in [0, 0.05) is 24.0 Å². The summed E-state index contributed by atoms with van der Waals surface area (Å²) < 4.78 is 1.86. The molecule has 0 aliphatic carbocycles. The molecule has 6 nitrogen and oxygen atoms in total. The maximum atomic E-state index is 13.0. The van der Waals surface area contributed by atoms with E-state index in [0.29, 0.717) is 12.5 Å². The van der Waals surface area contributed by atoms with E-state index in [2.05, 4.69) is 5.32 Å². The number of aromatic nitrogens is 2. The number of nitrogens with one attached hydrogen (secondary N) is 1. The number of likely N-dealkylation sites (N-methyl/N-ethyl adjacent to an activating group) is 1. The first-order valence-electron chi connectivity index (χ1n) is 11.4. The van der Waals surface area contributed by atoms with E-state index in [0.717, 1.165) is 28.1 Å². The summed E-state index contributed by atoms with van der Waals surface area (Å²) in [6.07, 6.45) is 2.17. The number of hydrogen-bond acceptors (Lipinski definition) is 3. The number of hydrogen-bond donors (Lipinski definition) is 1. The number of benzene rings is 3. The zero-order valence-electron chi connectivity index (χ0n) is 19.4. The fourth-order valence-corrected chi connectivity index (χ4v) is 3.71. The van der Waals surface area contributed by atoms with Crippen LogP contribution >= 0.6 is 0 Å². The van der Waals surface area contributed by atoms with Crippen molar-refractivity contribution in [1.29, 1.82) is 0 Å². The van der Waals surface area contributed by atoms with Gasteiger partial charge in [0.05, 0.1) is 18.7 Å². The maximum Gasteiger partial charge on any atom is 0.246 e. The van der Waals surface area contributed by atoms with Gasteiger partial charge in [-0.3, -0.25) is 19.5 Å². The molecule has 1 N–H and O–H groups in total. The molecule has 0 spiro atoms. The molecule has 1 heterocycles. The van der Waals surface area contributed by atoms with Crippen LogP contribution in [0.2, 0.25) is 0 Å². The second-order valence-corrected chi connectivity index (χ2v) is 8.14.